The van der Waals surface area contributed by atoms with Crippen molar-refractivity contribution in [3.63, 3.8) is 0 Å². The Morgan fingerprint density at radius 2 is 2.15 bits per heavy atom. The Balaban J connectivity index is 1.86. The van der Waals surface area contributed by atoms with Crippen molar-refractivity contribution in [3.8, 4) is 11.5 Å². The highest BCUT2D eigenvalue weighted by molar-refractivity contribution is 6.32. The van der Waals surface area contributed by atoms with Gasteiger partial charge in [0.15, 0.2) is 11.5 Å². The van der Waals surface area contributed by atoms with Gasteiger partial charge in [0.1, 0.15) is 13.2 Å². The number of fused-ring (bicyclic) bond motifs is 1. The summed E-state index contributed by atoms with van der Waals surface area (Å²) in [6.45, 7) is 1.93. The minimum absolute atomic E-state index is 0.136. The summed E-state index contributed by atoms with van der Waals surface area (Å²) < 4.78 is 10.9. The molecule has 3 rings (SSSR count). The van der Waals surface area contributed by atoms with Crippen LogP contribution in [0.3, 0.4) is 0 Å². The van der Waals surface area contributed by atoms with E-state index in [0.717, 1.165) is 12.8 Å². The van der Waals surface area contributed by atoms with Gasteiger partial charge in [-0.05, 0) is 25.0 Å². The fourth-order valence-electron chi connectivity index (χ4n) is 2.56. The summed E-state index contributed by atoms with van der Waals surface area (Å²) in [4.78, 5) is 14.1. The molecule has 2 heterocycles. The van der Waals surface area contributed by atoms with Crippen molar-refractivity contribution < 1.29 is 19.4 Å². The van der Waals surface area contributed by atoms with Crippen molar-refractivity contribution in [1.29, 1.82) is 0 Å². The molecule has 1 N–H and O–H groups in total. The maximum atomic E-state index is 12.4. The molecule has 1 fully saturated rings. The quantitative estimate of drug-likeness (QED) is 0.857. The standard InChI is InChI=1S/C14H16ClNO4/c15-11-6-9(7-12-13(11)20-5-4-19-12)14(18)16-3-1-2-10(17)8-16/h6-7,10,17H,1-5,8H2. The third-order valence-electron chi connectivity index (χ3n) is 3.53. The van der Waals surface area contributed by atoms with Gasteiger partial charge in [0.2, 0.25) is 0 Å². The number of nitrogens with zero attached hydrogens (tertiary/aromatic N) is 1. The van der Waals surface area contributed by atoms with Crippen LogP contribution in [0.1, 0.15) is 23.2 Å². The summed E-state index contributed by atoms with van der Waals surface area (Å²) in [7, 11) is 0. The van der Waals surface area contributed by atoms with Crippen LogP contribution in [-0.4, -0.2) is 48.3 Å². The molecule has 0 spiro atoms. The van der Waals surface area contributed by atoms with Gasteiger partial charge in [-0.2, -0.15) is 0 Å². The number of amides is 1. The molecule has 1 saturated heterocycles. The summed E-state index contributed by atoms with van der Waals surface area (Å²) in [5.41, 5.74) is 0.466. The number of aliphatic hydroxyl groups excluding tert-OH is 1. The molecule has 6 heteroatoms. The van der Waals surface area contributed by atoms with E-state index in [0.29, 0.717) is 48.4 Å². The molecule has 0 saturated carbocycles. The first kappa shape index (κ1) is 13.5. The Morgan fingerprint density at radius 1 is 1.35 bits per heavy atom. The summed E-state index contributed by atoms with van der Waals surface area (Å²) in [5.74, 6) is 0.862. The number of hydrogen-bond donors (Lipinski definition) is 1. The normalized spacial score (nSPS) is 21.7. The predicted molar refractivity (Wildman–Crippen MR) is 73.6 cm³/mol. The molecule has 1 amide bonds. The van der Waals surface area contributed by atoms with E-state index in [9.17, 15) is 9.90 Å². The third kappa shape index (κ3) is 2.55. The van der Waals surface area contributed by atoms with E-state index in [4.69, 9.17) is 21.1 Å². The molecular formula is C14H16ClNO4. The number of carbonyl (C=O) groups is 1. The molecule has 108 valence electrons. The third-order valence-corrected chi connectivity index (χ3v) is 3.81. The average Bonchev–Trinajstić information content (AvgIpc) is 2.46. The van der Waals surface area contributed by atoms with Crippen LogP contribution < -0.4 is 9.47 Å². The number of likely N-dealkylation sites (tertiary alicyclic amines) is 1. The molecule has 0 aromatic heterocycles. The molecule has 1 atom stereocenters. The van der Waals surface area contributed by atoms with E-state index in [1.54, 1.807) is 17.0 Å². The molecule has 0 radical (unpaired) electrons. The second kappa shape index (κ2) is 5.50. The van der Waals surface area contributed by atoms with Crippen molar-refractivity contribution in [1.82, 2.24) is 4.90 Å². The smallest absolute Gasteiger partial charge is 0.254 e. The van der Waals surface area contributed by atoms with E-state index in [2.05, 4.69) is 0 Å². The number of piperidine rings is 1. The van der Waals surface area contributed by atoms with Gasteiger partial charge in [0.25, 0.3) is 5.91 Å². The molecule has 0 bridgehead atoms. The monoisotopic (exact) mass is 297 g/mol. The molecule has 5 nitrogen and oxygen atoms in total. The zero-order chi connectivity index (χ0) is 14.1. The second-order valence-corrected chi connectivity index (χ2v) is 5.44. The average molecular weight is 298 g/mol. The van der Waals surface area contributed by atoms with Gasteiger partial charge in [-0.1, -0.05) is 11.6 Å². The molecule has 1 aromatic carbocycles. The highest BCUT2D eigenvalue weighted by Gasteiger charge is 2.25. The lowest BCUT2D eigenvalue weighted by Crippen LogP contribution is -2.42. The van der Waals surface area contributed by atoms with Crippen LogP contribution >= 0.6 is 11.6 Å². The number of rotatable bonds is 1. The van der Waals surface area contributed by atoms with E-state index >= 15 is 0 Å². The van der Waals surface area contributed by atoms with Gasteiger partial charge in [-0.15, -0.1) is 0 Å². The molecular weight excluding hydrogens is 282 g/mol. The number of benzene rings is 1. The lowest BCUT2D eigenvalue weighted by molar-refractivity contribution is 0.0473. The highest BCUT2D eigenvalue weighted by Crippen LogP contribution is 2.38. The molecule has 1 aromatic rings. The zero-order valence-electron chi connectivity index (χ0n) is 11.0. The number of halogens is 1. The molecule has 0 aliphatic carbocycles. The number of aliphatic hydroxyl groups is 1. The number of carbonyl (C=O) groups excluding carboxylic acids is 1. The maximum absolute atomic E-state index is 12.4. The Bertz CT molecular complexity index is 534. The van der Waals surface area contributed by atoms with Crippen molar-refractivity contribution >= 4 is 17.5 Å². The van der Waals surface area contributed by atoms with Crippen LogP contribution in [-0.2, 0) is 0 Å². The van der Waals surface area contributed by atoms with Crippen molar-refractivity contribution in [2.75, 3.05) is 26.3 Å². The Kier molecular flexibility index (Phi) is 3.72. The fraction of sp³-hybridized carbons (Fsp3) is 0.500. The van der Waals surface area contributed by atoms with Crippen molar-refractivity contribution in [2.45, 2.75) is 18.9 Å². The van der Waals surface area contributed by atoms with Crippen LogP contribution in [0.5, 0.6) is 11.5 Å². The number of β-amino-alcohol motifs (C(OH)–C–C–N with tert-alkyl or cyclic N) is 1. The number of ether oxygens (including phenoxy) is 2. The Labute approximate surface area is 122 Å². The van der Waals surface area contributed by atoms with Crippen LogP contribution in [0.2, 0.25) is 5.02 Å². The zero-order valence-corrected chi connectivity index (χ0v) is 11.7. The lowest BCUT2D eigenvalue weighted by Gasteiger charge is -2.30. The van der Waals surface area contributed by atoms with Crippen LogP contribution in [0.25, 0.3) is 0 Å². The minimum atomic E-state index is -0.444. The number of hydrogen-bond acceptors (Lipinski definition) is 4. The lowest BCUT2D eigenvalue weighted by atomic mass is 10.1. The van der Waals surface area contributed by atoms with Gasteiger partial charge in [-0.3, -0.25) is 4.79 Å². The summed E-state index contributed by atoms with van der Waals surface area (Å²) in [6, 6.07) is 3.25. The minimum Gasteiger partial charge on any atom is -0.486 e. The second-order valence-electron chi connectivity index (χ2n) is 5.03. The molecule has 2 aliphatic rings. The summed E-state index contributed by atoms with van der Waals surface area (Å²) >= 11 is 6.13. The topological polar surface area (TPSA) is 59.0 Å². The molecule has 20 heavy (non-hydrogen) atoms. The Hall–Kier alpha value is -1.46. The molecule has 2 aliphatic heterocycles. The van der Waals surface area contributed by atoms with Gasteiger partial charge >= 0.3 is 0 Å². The van der Waals surface area contributed by atoms with Crippen LogP contribution in [0.4, 0.5) is 0 Å². The van der Waals surface area contributed by atoms with Gasteiger partial charge < -0.3 is 19.5 Å². The van der Waals surface area contributed by atoms with Crippen molar-refractivity contribution in [2.24, 2.45) is 0 Å². The summed E-state index contributed by atoms with van der Waals surface area (Å²) in [5, 5.41) is 10.0. The van der Waals surface area contributed by atoms with Crippen LogP contribution in [0.15, 0.2) is 12.1 Å². The van der Waals surface area contributed by atoms with E-state index in [-0.39, 0.29) is 5.91 Å². The first-order valence-corrected chi connectivity index (χ1v) is 7.09. The molecule has 1 unspecified atom stereocenters. The van der Waals surface area contributed by atoms with E-state index < -0.39 is 6.10 Å². The largest absolute Gasteiger partial charge is 0.486 e. The van der Waals surface area contributed by atoms with Crippen molar-refractivity contribution in [3.05, 3.63) is 22.7 Å². The van der Waals surface area contributed by atoms with E-state index in [1.165, 1.54) is 0 Å². The van der Waals surface area contributed by atoms with Crippen LogP contribution in [0, 0.1) is 0 Å². The van der Waals surface area contributed by atoms with E-state index in [1.807, 2.05) is 0 Å². The Morgan fingerprint density at radius 3 is 2.95 bits per heavy atom. The summed E-state index contributed by atoms with van der Waals surface area (Å²) in [6.07, 6.45) is 1.11. The maximum Gasteiger partial charge on any atom is 0.254 e. The fourth-order valence-corrected chi connectivity index (χ4v) is 2.82. The first-order chi connectivity index (χ1) is 9.65. The van der Waals surface area contributed by atoms with Gasteiger partial charge in [0, 0.05) is 18.7 Å². The van der Waals surface area contributed by atoms with Gasteiger partial charge in [0.05, 0.1) is 11.1 Å². The highest BCUT2D eigenvalue weighted by atomic mass is 35.5. The van der Waals surface area contributed by atoms with Gasteiger partial charge in [-0.25, -0.2) is 0 Å². The predicted octanol–water partition coefficient (Wildman–Crippen LogP) is 1.71. The SMILES string of the molecule is O=C(c1cc(Cl)c2c(c1)OCCO2)N1CCCC(O)C1. The first-order valence-electron chi connectivity index (χ1n) is 6.71.